The fourth-order valence-electron chi connectivity index (χ4n) is 3.72. The summed E-state index contributed by atoms with van der Waals surface area (Å²) in [5.74, 6) is 1.27. The molecule has 0 bridgehead atoms. The van der Waals surface area contributed by atoms with E-state index >= 15 is 0 Å². The van der Waals surface area contributed by atoms with Crippen molar-refractivity contribution in [1.82, 2.24) is 25.0 Å². The number of nitrogens with zero attached hydrogens (tertiary/aromatic N) is 3. The Morgan fingerprint density at radius 3 is 2.93 bits per heavy atom. The van der Waals surface area contributed by atoms with Crippen molar-refractivity contribution in [2.45, 2.75) is 26.2 Å². The largest absolute Gasteiger partial charge is 0.352 e. The topological polar surface area (TPSA) is 83.3 Å². The highest BCUT2D eigenvalue weighted by Crippen LogP contribution is 2.23. The Morgan fingerprint density at radius 2 is 2.14 bits per heavy atom. The van der Waals surface area contributed by atoms with E-state index in [1.165, 1.54) is 0 Å². The summed E-state index contributed by atoms with van der Waals surface area (Å²) in [5.41, 5.74) is 3.44. The number of hydrogen-bond acceptors (Lipinski definition) is 5. The van der Waals surface area contributed by atoms with Crippen molar-refractivity contribution in [2.75, 3.05) is 25.0 Å². The fourth-order valence-corrected chi connectivity index (χ4v) is 4.25. The van der Waals surface area contributed by atoms with E-state index in [9.17, 15) is 4.79 Å². The smallest absolute Gasteiger partial charge is 0.251 e. The Morgan fingerprint density at radius 1 is 1.31 bits per heavy atom. The molecule has 4 rings (SSSR count). The lowest BCUT2D eigenvalue weighted by Crippen LogP contribution is -2.36. The van der Waals surface area contributed by atoms with Gasteiger partial charge < -0.3 is 16.0 Å². The van der Waals surface area contributed by atoms with E-state index < -0.39 is 0 Å². The Hall–Kier alpha value is -2.20. The predicted octanol–water partition coefficient (Wildman–Crippen LogP) is 3.37. The van der Waals surface area contributed by atoms with Crippen molar-refractivity contribution in [1.29, 1.82) is 0 Å². The second-order valence-corrected chi connectivity index (χ2v) is 8.41. The summed E-state index contributed by atoms with van der Waals surface area (Å²) in [4.78, 5) is 21.6. The molecule has 1 aliphatic rings. The molecule has 0 aliphatic carbocycles. The zero-order valence-electron chi connectivity index (χ0n) is 16.4. The summed E-state index contributed by atoms with van der Waals surface area (Å²) in [6, 6.07) is 5.85. The van der Waals surface area contributed by atoms with Crippen molar-refractivity contribution >= 4 is 45.7 Å². The number of carbonyl (C=O) groups excluding carboxylic acids is 1. The molecule has 3 heterocycles. The number of amides is 1. The lowest BCUT2D eigenvalue weighted by atomic mass is 9.97. The number of aryl methyl sites for hydroxylation is 1. The highest BCUT2D eigenvalue weighted by atomic mass is 127. The summed E-state index contributed by atoms with van der Waals surface area (Å²) >= 11 is 2.24. The molecule has 3 aromatic rings. The molecule has 0 saturated carbocycles. The van der Waals surface area contributed by atoms with E-state index in [0.29, 0.717) is 11.7 Å². The van der Waals surface area contributed by atoms with Gasteiger partial charge >= 0.3 is 0 Å². The van der Waals surface area contributed by atoms with Crippen LogP contribution in [0.5, 0.6) is 0 Å². The number of benzene rings is 1. The molecule has 1 aromatic carbocycles. The highest BCUT2D eigenvalue weighted by molar-refractivity contribution is 14.1. The van der Waals surface area contributed by atoms with Crippen LogP contribution < -0.4 is 16.0 Å². The summed E-state index contributed by atoms with van der Waals surface area (Å²) in [5, 5.41) is 9.83. The normalized spacial score (nSPS) is 14.8. The number of nitrogens with one attached hydrogen (secondary N) is 3. The molecule has 7 nitrogen and oxygen atoms in total. The molecule has 1 fully saturated rings. The first kappa shape index (κ1) is 20.1. The molecule has 0 unspecified atom stereocenters. The van der Waals surface area contributed by atoms with Gasteiger partial charge in [0.25, 0.3) is 5.91 Å². The molecular weight excluding hydrogens is 479 g/mol. The second-order valence-electron chi connectivity index (χ2n) is 7.30. The van der Waals surface area contributed by atoms with Crippen LogP contribution in [0.3, 0.4) is 0 Å². The standard InChI is InChI=1S/C21H25IN6O/c1-2-15-11-16(27-19-20-25-13-18(22)28(20)10-9-24-19)3-4-17(15)21(29)26-12-14-5-7-23-8-6-14/h3-4,9-11,13-14,23H,2,5-8,12H2,1H3,(H,24,27)(H,26,29). The van der Waals surface area contributed by atoms with Gasteiger partial charge in [0, 0.05) is 30.2 Å². The van der Waals surface area contributed by atoms with Crippen LogP contribution in [0.1, 0.15) is 35.7 Å². The predicted molar refractivity (Wildman–Crippen MR) is 123 cm³/mol. The summed E-state index contributed by atoms with van der Waals surface area (Å²) in [6.07, 6.45) is 8.48. The monoisotopic (exact) mass is 504 g/mol. The van der Waals surface area contributed by atoms with Gasteiger partial charge in [0.05, 0.1) is 6.20 Å². The highest BCUT2D eigenvalue weighted by Gasteiger charge is 2.16. The Bertz CT molecular complexity index is 1010. The maximum absolute atomic E-state index is 12.7. The molecule has 1 aliphatic heterocycles. The minimum absolute atomic E-state index is 0.00923. The Labute approximate surface area is 183 Å². The molecular formula is C21H25IN6O. The molecule has 0 atom stereocenters. The number of halogens is 1. The van der Waals surface area contributed by atoms with Gasteiger partial charge in [-0.15, -0.1) is 0 Å². The molecule has 0 radical (unpaired) electrons. The molecule has 152 valence electrons. The lowest BCUT2D eigenvalue weighted by Gasteiger charge is -2.23. The zero-order valence-corrected chi connectivity index (χ0v) is 18.6. The summed E-state index contributed by atoms with van der Waals surface area (Å²) in [7, 11) is 0. The van der Waals surface area contributed by atoms with E-state index in [-0.39, 0.29) is 5.91 Å². The van der Waals surface area contributed by atoms with Gasteiger partial charge in [-0.25, -0.2) is 9.97 Å². The first-order chi connectivity index (χ1) is 14.2. The van der Waals surface area contributed by atoms with Gasteiger partial charge in [-0.2, -0.15) is 0 Å². The molecule has 2 aromatic heterocycles. The number of carbonyl (C=O) groups is 1. The van der Waals surface area contributed by atoms with Crippen LogP contribution in [0.25, 0.3) is 5.65 Å². The third kappa shape index (κ3) is 4.53. The zero-order chi connectivity index (χ0) is 20.2. The number of anilines is 2. The van der Waals surface area contributed by atoms with E-state index in [4.69, 9.17) is 0 Å². The summed E-state index contributed by atoms with van der Waals surface area (Å²) < 4.78 is 3.01. The maximum Gasteiger partial charge on any atom is 0.251 e. The van der Waals surface area contributed by atoms with Crippen LogP contribution in [-0.2, 0) is 6.42 Å². The van der Waals surface area contributed by atoms with Gasteiger partial charge in [-0.3, -0.25) is 9.20 Å². The molecule has 0 spiro atoms. The van der Waals surface area contributed by atoms with Crippen LogP contribution in [0.4, 0.5) is 11.5 Å². The number of rotatable bonds is 6. The van der Waals surface area contributed by atoms with E-state index in [1.807, 2.05) is 35.0 Å². The van der Waals surface area contributed by atoms with Gasteiger partial charge in [0.2, 0.25) is 0 Å². The number of aromatic nitrogens is 3. The van der Waals surface area contributed by atoms with Crippen molar-refractivity contribution in [3.63, 3.8) is 0 Å². The van der Waals surface area contributed by atoms with Crippen LogP contribution in [0, 0.1) is 9.62 Å². The van der Waals surface area contributed by atoms with Crippen LogP contribution >= 0.6 is 22.6 Å². The summed E-state index contributed by atoms with van der Waals surface area (Å²) in [6.45, 7) is 4.89. The number of imidazole rings is 1. The SMILES string of the molecule is CCc1cc(Nc2nccn3c(I)cnc23)ccc1C(=O)NCC1CCNCC1. The first-order valence-electron chi connectivity index (χ1n) is 10.0. The van der Waals surface area contributed by atoms with Gasteiger partial charge in [-0.1, -0.05) is 6.92 Å². The van der Waals surface area contributed by atoms with Crippen LogP contribution in [-0.4, -0.2) is 39.9 Å². The third-order valence-corrected chi connectivity index (χ3v) is 6.18. The van der Waals surface area contributed by atoms with E-state index in [2.05, 4.69) is 55.4 Å². The number of hydrogen-bond donors (Lipinski definition) is 3. The van der Waals surface area contributed by atoms with Crippen LogP contribution in [0.15, 0.2) is 36.8 Å². The van der Waals surface area contributed by atoms with E-state index in [0.717, 1.165) is 65.1 Å². The van der Waals surface area contributed by atoms with Crippen molar-refractivity contribution in [3.05, 3.63) is 51.6 Å². The van der Waals surface area contributed by atoms with Crippen LogP contribution in [0.2, 0.25) is 0 Å². The number of fused-ring (bicyclic) bond motifs is 1. The average Bonchev–Trinajstić information content (AvgIpc) is 3.14. The maximum atomic E-state index is 12.7. The van der Waals surface area contributed by atoms with Crippen molar-refractivity contribution < 1.29 is 4.79 Å². The van der Waals surface area contributed by atoms with Crippen molar-refractivity contribution in [2.24, 2.45) is 5.92 Å². The fraction of sp³-hybridized carbons (Fsp3) is 0.381. The van der Waals surface area contributed by atoms with E-state index in [1.54, 1.807) is 6.20 Å². The minimum Gasteiger partial charge on any atom is -0.352 e. The van der Waals surface area contributed by atoms with Gasteiger partial charge in [-0.05, 0) is 84.6 Å². The van der Waals surface area contributed by atoms with Gasteiger partial charge in [0.15, 0.2) is 11.5 Å². The Balaban J connectivity index is 1.49. The quantitative estimate of drug-likeness (QED) is 0.449. The molecule has 8 heteroatoms. The lowest BCUT2D eigenvalue weighted by molar-refractivity contribution is 0.0943. The molecule has 3 N–H and O–H groups in total. The van der Waals surface area contributed by atoms with Gasteiger partial charge in [0.1, 0.15) is 3.70 Å². The second kappa shape index (κ2) is 9.08. The molecule has 1 amide bonds. The first-order valence-corrected chi connectivity index (χ1v) is 11.1. The molecule has 29 heavy (non-hydrogen) atoms. The third-order valence-electron chi connectivity index (χ3n) is 5.39. The molecule has 1 saturated heterocycles. The average molecular weight is 504 g/mol. The minimum atomic E-state index is 0.00923. The Kier molecular flexibility index (Phi) is 6.29. The number of piperidine rings is 1. The van der Waals surface area contributed by atoms with Crippen molar-refractivity contribution in [3.8, 4) is 0 Å².